The average molecular weight is 407 g/mol. The van der Waals surface area contributed by atoms with E-state index in [1.165, 1.54) is 4.57 Å². The molecule has 0 aromatic carbocycles. The highest BCUT2D eigenvalue weighted by Gasteiger charge is 2.24. The van der Waals surface area contributed by atoms with E-state index in [2.05, 4.69) is 20.3 Å². The molecular formula is C19H17N7O2S. The Hall–Kier alpha value is -3.53. The predicted octanol–water partition coefficient (Wildman–Crippen LogP) is 1.62. The number of H-pyrrole nitrogens is 1. The van der Waals surface area contributed by atoms with Crippen LogP contribution in [0.1, 0.15) is 20.2 Å². The lowest BCUT2D eigenvalue weighted by molar-refractivity contribution is 0.0958. The number of rotatable bonds is 3. The number of hydrogen-bond donors (Lipinski definition) is 2. The monoisotopic (exact) mass is 407 g/mol. The molecule has 0 bridgehead atoms. The number of nitrogens with zero attached hydrogens (tertiary/aromatic N) is 5. The Morgan fingerprint density at radius 1 is 1.21 bits per heavy atom. The van der Waals surface area contributed by atoms with Gasteiger partial charge in [0.05, 0.1) is 17.6 Å². The summed E-state index contributed by atoms with van der Waals surface area (Å²) in [5.41, 5.74) is 1.27. The van der Waals surface area contributed by atoms with Gasteiger partial charge in [-0.3, -0.25) is 9.78 Å². The van der Waals surface area contributed by atoms with Crippen LogP contribution in [0.5, 0.6) is 0 Å². The molecule has 9 nitrogen and oxygen atoms in total. The number of carbonyl (C=O) groups excluding carboxylic acids is 1. The molecule has 2 N–H and O–H groups in total. The highest BCUT2D eigenvalue weighted by molar-refractivity contribution is 7.11. The van der Waals surface area contributed by atoms with Gasteiger partial charge in [-0.1, -0.05) is 0 Å². The minimum atomic E-state index is -0.327. The van der Waals surface area contributed by atoms with Crippen LogP contribution in [-0.4, -0.2) is 43.5 Å². The van der Waals surface area contributed by atoms with Gasteiger partial charge < -0.3 is 10.2 Å². The molecule has 0 spiro atoms. The maximum atomic E-state index is 12.5. The number of aryl methyl sites for hydroxylation is 1. The highest BCUT2D eigenvalue weighted by Crippen LogP contribution is 2.25. The summed E-state index contributed by atoms with van der Waals surface area (Å²) in [6, 6.07) is 6.95. The van der Waals surface area contributed by atoms with Crippen LogP contribution in [0.15, 0.2) is 41.5 Å². The quantitative estimate of drug-likeness (QED) is 0.534. The minimum Gasteiger partial charge on any atom is -0.350 e. The molecule has 0 saturated carbocycles. The Labute approximate surface area is 169 Å². The SMILES string of the molecule is Cc1cnc(CN2CCNC(=O)c3ccc(-n4c(=O)[nH]c5ncccc54)nc32)s1. The minimum absolute atomic E-state index is 0.176. The Balaban J connectivity index is 1.64. The Bertz CT molecular complexity index is 1290. The summed E-state index contributed by atoms with van der Waals surface area (Å²) in [5, 5.41) is 3.84. The molecule has 0 unspecified atom stereocenters. The van der Waals surface area contributed by atoms with Crippen LogP contribution < -0.4 is 15.9 Å². The molecule has 0 radical (unpaired) electrons. The number of thiazole rings is 1. The summed E-state index contributed by atoms with van der Waals surface area (Å²) >= 11 is 1.62. The van der Waals surface area contributed by atoms with E-state index in [1.54, 1.807) is 41.8 Å². The summed E-state index contributed by atoms with van der Waals surface area (Å²) < 4.78 is 1.47. The molecule has 1 aliphatic heterocycles. The van der Waals surface area contributed by atoms with Crippen molar-refractivity contribution in [2.75, 3.05) is 18.0 Å². The van der Waals surface area contributed by atoms with Crippen LogP contribution >= 0.6 is 11.3 Å². The largest absolute Gasteiger partial charge is 0.350 e. The van der Waals surface area contributed by atoms with E-state index in [-0.39, 0.29) is 11.6 Å². The Morgan fingerprint density at radius 3 is 2.93 bits per heavy atom. The summed E-state index contributed by atoms with van der Waals surface area (Å²) in [5.74, 6) is 0.795. The smallest absolute Gasteiger partial charge is 0.333 e. The predicted molar refractivity (Wildman–Crippen MR) is 110 cm³/mol. The molecule has 146 valence electrons. The third kappa shape index (κ3) is 3.07. The molecule has 10 heteroatoms. The highest BCUT2D eigenvalue weighted by atomic mass is 32.1. The van der Waals surface area contributed by atoms with E-state index in [0.29, 0.717) is 48.0 Å². The number of amides is 1. The molecule has 0 atom stereocenters. The van der Waals surface area contributed by atoms with Gasteiger partial charge in [-0.15, -0.1) is 11.3 Å². The third-order valence-corrected chi connectivity index (χ3v) is 5.65. The summed E-state index contributed by atoms with van der Waals surface area (Å²) in [6.45, 7) is 3.65. The van der Waals surface area contributed by atoms with Gasteiger partial charge in [0.25, 0.3) is 5.91 Å². The lowest BCUT2D eigenvalue weighted by atomic mass is 10.2. The summed E-state index contributed by atoms with van der Waals surface area (Å²) in [7, 11) is 0. The zero-order chi connectivity index (χ0) is 20.0. The van der Waals surface area contributed by atoms with Crippen LogP contribution in [0.2, 0.25) is 0 Å². The first-order chi connectivity index (χ1) is 14.1. The number of aromatic amines is 1. The molecule has 1 amide bonds. The van der Waals surface area contributed by atoms with Gasteiger partial charge >= 0.3 is 5.69 Å². The van der Waals surface area contributed by atoms with Crippen molar-refractivity contribution < 1.29 is 4.79 Å². The number of carbonyl (C=O) groups is 1. The van der Waals surface area contributed by atoms with Gasteiger partial charge in [0.15, 0.2) is 5.65 Å². The molecule has 5 heterocycles. The summed E-state index contributed by atoms with van der Waals surface area (Å²) in [4.78, 5) is 44.3. The second-order valence-electron chi connectivity index (χ2n) is 6.72. The molecule has 0 saturated heterocycles. The second kappa shape index (κ2) is 6.82. The van der Waals surface area contributed by atoms with E-state index in [4.69, 9.17) is 4.98 Å². The topological polar surface area (TPSA) is 109 Å². The zero-order valence-corrected chi connectivity index (χ0v) is 16.4. The normalized spacial score (nSPS) is 14.0. The molecule has 0 fully saturated rings. The fourth-order valence-corrected chi connectivity index (χ4v) is 4.25. The molecule has 4 aromatic heterocycles. The van der Waals surface area contributed by atoms with Crippen molar-refractivity contribution in [1.29, 1.82) is 0 Å². The first-order valence-electron chi connectivity index (χ1n) is 9.12. The van der Waals surface area contributed by atoms with Crippen molar-refractivity contribution in [3.05, 3.63) is 62.6 Å². The van der Waals surface area contributed by atoms with Crippen molar-refractivity contribution >= 4 is 34.2 Å². The fraction of sp³-hybridized carbons (Fsp3) is 0.211. The Morgan fingerprint density at radius 2 is 2.10 bits per heavy atom. The number of nitrogens with one attached hydrogen (secondary N) is 2. The van der Waals surface area contributed by atoms with Crippen molar-refractivity contribution in [3.63, 3.8) is 0 Å². The molecule has 29 heavy (non-hydrogen) atoms. The molecule has 4 aromatic rings. The van der Waals surface area contributed by atoms with Crippen molar-refractivity contribution in [1.82, 2.24) is 29.8 Å². The van der Waals surface area contributed by atoms with Crippen LogP contribution in [0.3, 0.4) is 0 Å². The number of aromatic nitrogens is 5. The van der Waals surface area contributed by atoms with E-state index in [0.717, 1.165) is 9.88 Å². The third-order valence-electron chi connectivity index (χ3n) is 4.75. The van der Waals surface area contributed by atoms with E-state index in [1.807, 2.05) is 18.0 Å². The number of fused-ring (bicyclic) bond motifs is 2. The maximum Gasteiger partial charge on any atom is 0.333 e. The van der Waals surface area contributed by atoms with Crippen LogP contribution in [0.25, 0.3) is 17.0 Å². The number of pyridine rings is 2. The molecular weight excluding hydrogens is 390 g/mol. The van der Waals surface area contributed by atoms with Crippen molar-refractivity contribution in [2.24, 2.45) is 0 Å². The van der Waals surface area contributed by atoms with E-state index in [9.17, 15) is 9.59 Å². The van der Waals surface area contributed by atoms with Crippen LogP contribution in [0.4, 0.5) is 5.82 Å². The average Bonchev–Trinajstić information content (AvgIpc) is 3.23. The molecule has 0 aliphatic carbocycles. The van der Waals surface area contributed by atoms with Gasteiger partial charge in [0.2, 0.25) is 0 Å². The molecule has 1 aliphatic rings. The van der Waals surface area contributed by atoms with Gasteiger partial charge in [-0.2, -0.15) is 0 Å². The maximum absolute atomic E-state index is 12.5. The lowest BCUT2D eigenvalue weighted by Gasteiger charge is -2.22. The van der Waals surface area contributed by atoms with Crippen LogP contribution in [-0.2, 0) is 6.54 Å². The van der Waals surface area contributed by atoms with Crippen molar-refractivity contribution in [3.8, 4) is 5.82 Å². The van der Waals surface area contributed by atoms with E-state index >= 15 is 0 Å². The van der Waals surface area contributed by atoms with Gasteiger partial charge in [0, 0.05) is 30.4 Å². The fourth-order valence-electron chi connectivity index (χ4n) is 3.45. The van der Waals surface area contributed by atoms with Crippen molar-refractivity contribution in [2.45, 2.75) is 13.5 Å². The number of imidazole rings is 1. The van der Waals surface area contributed by atoms with E-state index < -0.39 is 0 Å². The van der Waals surface area contributed by atoms with Gasteiger partial charge in [-0.25, -0.2) is 24.3 Å². The van der Waals surface area contributed by atoms with Gasteiger partial charge in [-0.05, 0) is 31.2 Å². The molecule has 5 rings (SSSR count). The van der Waals surface area contributed by atoms with Crippen LogP contribution in [0, 0.1) is 6.92 Å². The standard InChI is InChI=1S/C19H17N7O2S/c1-11-9-22-15(29-11)10-25-8-7-21-18(27)12-4-5-14(23-17(12)25)26-13-3-2-6-20-16(13)24-19(26)28/h2-6,9H,7-8,10H2,1H3,(H,21,27)(H,20,24,28). The first kappa shape index (κ1) is 17.6. The zero-order valence-electron chi connectivity index (χ0n) is 15.5. The lowest BCUT2D eigenvalue weighted by Crippen LogP contribution is -2.30. The summed E-state index contributed by atoms with van der Waals surface area (Å²) in [6.07, 6.45) is 3.46. The Kier molecular flexibility index (Phi) is 4.13. The number of anilines is 1. The van der Waals surface area contributed by atoms with Gasteiger partial charge in [0.1, 0.15) is 16.6 Å². The first-order valence-corrected chi connectivity index (χ1v) is 9.93. The second-order valence-corrected chi connectivity index (χ2v) is 8.04. The number of hydrogen-bond acceptors (Lipinski definition) is 7.